The van der Waals surface area contributed by atoms with E-state index in [4.69, 9.17) is 4.74 Å². The topological polar surface area (TPSA) is 85.0 Å². The third kappa shape index (κ3) is 1.82. The van der Waals surface area contributed by atoms with Crippen molar-refractivity contribution in [1.82, 2.24) is 9.78 Å². The molecule has 0 aliphatic carbocycles. The fourth-order valence-electron chi connectivity index (χ4n) is 2.57. The van der Waals surface area contributed by atoms with Crippen LogP contribution in [0.4, 0.5) is 0 Å². The second kappa shape index (κ2) is 4.07. The molecule has 0 aromatic carbocycles. The molecule has 0 spiro atoms. The molecule has 2 aliphatic heterocycles. The highest BCUT2D eigenvalue weighted by Crippen LogP contribution is 2.31. The lowest BCUT2D eigenvalue weighted by molar-refractivity contribution is 0.0659. The van der Waals surface area contributed by atoms with Crippen molar-refractivity contribution in [3.05, 3.63) is 17.0 Å². The summed E-state index contributed by atoms with van der Waals surface area (Å²) in [5, 5.41) is 13.6. The molecule has 0 saturated carbocycles. The molecule has 7 heteroatoms. The summed E-state index contributed by atoms with van der Waals surface area (Å²) in [4.78, 5) is 0. The number of aromatic nitrogens is 2. The van der Waals surface area contributed by atoms with Crippen molar-refractivity contribution >= 4 is 9.84 Å². The van der Waals surface area contributed by atoms with Crippen LogP contribution in [0.5, 0.6) is 0 Å². The Morgan fingerprint density at radius 1 is 1.33 bits per heavy atom. The van der Waals surface area contributed by atoms with Crippen molar-refractivity contribution < 1.29 is 13.2 Å². The van der Waals surface area contributed by atoms with Gasteiger partial charge in [-0.25, -0.2) is 8.42 Å². The van der Waals surface area contributed by atoms with E-state index in [1.54, 1.807) is 4.68 Å². The quantitative estimate of drug-likeness (QED) is 0.741. The van der Waals surface area contributed by atoms with Gasteiger partial charge >= 0.3 is 0 Å². The summed E-state index contributed by atoms with van der Waals surface area (Å²) in [5.41, 5.74) is 1.57. The van der Waals surface area contributed by atoms with Crippen LogP contribution in [-0.4, -0.2) is 31.4 Å². The first-order chi connectivity index (χ1) is 8.61. The first-order valence-electron chi connectivity index (χ1n) is 5.89. The molecule has 0 amide bonds. The Morgan fingerprint density at radius 3 is 2.72 bits per heavy atom. The highest BCUT2D eigenvalue weighted by Gasteiger charge is 2.34. The van der Waals surface area contributed by atoms with Gasteiger partial charge in [0.1, 0.15) is 11.8 Å². The smallest absolute Gasteiger partial charge is 0.160 e. The Labute approximate surface area is 105 Å². The number of hydrogen-bond acceptors (Lipinski definition) is 5. The molecule has 6 nitrogen and oxygen atoms in total. The van der Waals surface area contributed by atoms with E-state index in [2.05, 4.69) is 11.2 Å². The monoisotopic (exact) mass is 267 g/mol. The van der Waals surface area contributed by atoms with Crippen molar-refractivity contribution in [2.45, 2.75) is 30.4 Å². The Morgan fingerprint density at radius 2 is 2.06 bits per heavy atom. The van der Waals surface area contributed by atoms with E-state index in [0.29, 0.717) is 30.2 Å². The predicted molar refractivity (Wildman–Crippen MR) is 62.4 cm³/mol. The molecule has 0 radical (unpaired) electrons. The van der Waals surface area contributed by atoms with Gasteiger partial charge in [0.05, 0.1) is 23.2 Å². The average Bonchev–Trinajstić information content (AvgIpc) is 2.81. The molecule has 2 aliphatic rings. The van der Waals surface area contributed by atoms with Gasteiger partial charge in [0.15, 0.2) is 9.84 Å². The van der Waals surface area contributed by atoms with Crippen LogP contribution in [0.15, 0.2) is 0 Å². The summed E-state index contributed by atoms with van der Waals surface area (Å²) >= 11 is 0. The Hall–Kier alpha value is -1.39. The zero-order valence-corrected chi connectivity index (χ0v) is 10.6. The number of ether oxygens (including phenoxy) is 1. The van der Waals surface area contributed by atoms with Crippen molar-refractivity contribution in [2.75, 3.05) is 13.2 Å². The number of nitriles is 1. The number of rotatable bonds is 1. The van der Waals surface area contributed by atoms with Crippen LogP contribution in [0.3, 0.4) is 0 Å². The molecule has 18 heavy (non-hydrogen) atoms. The highest BCUT2D eigenvalue weighted by molar-refractivity contribution is 7.90. The summed E-state index contributed by atoms with van der Waals surface area (Å²) < 4.78 is 30.0. The molecule has 0 N–H and O–H groups in total. The molecule has 1 aromatic rings. The molecule has 1 fully saturated rings. The third-order valence-electron chi connectivity index (χ3n) is 3.46. The molecule has 0 bridgehead atoms. The van der Waals surface area contributed by atoms with Crippen LogP contribution in [0.1, 0.15) is 35.8 Å². The predicted octanol–water partition coefficient (Wildman–Crippen LogP) is 0.535. The molecule has 96 valence electrons. The lowest BCUT2D eigenvalue weighted by Crippen LogP contribution is -2.22. The van der Waals surface area contributed by atoms with Crippen LogP contribution in [0, 0.1) is 11.3 Å². The fourth-order valence-corrected chi connectivity index (χ4v) is 4.07. The molecule has 1 aromatic heterocycles. The zero-order chi connectivity index (χ0) is 12.8. The summed E-state index contributed by atoms with van der Waals surface area (Å²) in [6.07, 6.45) is 1.64. The van der Waals surface area contributed by atoms with Gasteiger partial charge in [-0.3, -0.25) is 4.68 Å². The largest absolute Gasteiger partial charge is 0.381 e. The third-order valence-corrected chi connectivity index (χ3v) is 4.90. The van der Waals surface area contributed by atoms with Crippen molar-refractivity contribution in [2.24, 2.45) is 0 Å². The van der Waals surface area contributed by atoms with Crippen LogP contribution in [0.25, 0.3) is 0 Å². The summed E-state index contributed by atoms with van der Waals surface area (Å²) in [5.74, 6) is -0.0817. The minimum absolute atomic E-state index is 0.0345. The maximum Gasteiger partial charge on any atom is 0.160 e. The molecule has 3 heterocycles. The van der Waals surface area contributed by atoms with E-state index in [1.165, 1.54) is 0 Å². The summed E-state index contributed by atoms with van der Waals surface area (Å²) in [6.45, 7) is 1.33. The Balaban J connectivity index is 2.01. The number of fused-ring (bicyclic) bond motifs is 1. The lowest BCUT2D eigenvalue weighted by Gasteiger charge is -2.23. The Bertz CT molecular complexity index is 621. The van der Waals surface area contributed by atoms with Gasteiger partial charge in [0.2, 0.25) is 0 Å². The standard InChI is InChI=1S/C11H13N3O3S/c12-5-11-9-6-18(15,16)7-10(9)13-14(11)8-1-3-17-4-2-8/h8H,1-4,6-7H2. The molecule has 0 unspecified atom stereocenters. The maximum absolute atomic E-state index is 11.5. The average molecular weight is 267 g/mol. The number of nitrogens with zero attached hydrogens (tertiary/aromatic N) is 3. The molecular weight excluding hydrogens is 254 g/mol. The number of sulfone groups is 1. The first-order valence-corrected chi connectivity index (χ1v) is 7.71. The first kappa shape index (κ1) is 11.7. The van der Waals surface area contributed by atoms with E-state index in [0.717, 1.165) is 12.8 Å². The summed E-state index contributed by atoms with van der Waals surface area (Å²) in [7, 11) is -3.09. The van der Waals surface area contributed by atoms with E-state index in [-0.39, 0.29) is 17.5 Å². The fraction of sp³-hybridized carbons (Fsp3) is 0.636. The van der Waals surface area contributed by atoms with Crippen LogP contribution < -0.4 is 0 Å². The van der Waals surface area contributed by atoms with Gasteiger partial charge in [-0.05, 0) is 12.8 Å². The van der Waals surface area contributed by atoms with Crippen LogP contribution >= 0.6 is 0 Å². The normalized spacial score (nSPS) is 22.6. The molecular formula is C11H13N3O3S. The molecule has 3 rings (SSSR count). The Kier molecular flexibility index (Phi) is 2.64. The van der Waals surface area contributed by atoms with Crippen molar-refractivity contribution in [1.29, 1.82) is 5.26 Å². The lowest BCUT2D eigenvalue weighted by atomic mass is 10.1. The van der Waals surface area contributed by atoms with Gasteiger partial charge in [-0.2, -0.15) is 10.4 Å². The minimum atomic E-state index is -3.09. The van der Waals surface area contributed by atoms with Gasteiger partial charge in [0, 0.05) is 18.8 Å². The van der Waals surface area contributed by atoms with Gasteiger partial charge in [-0.1, -0.05) is 0 Å². The number of hydrogen-bond donors (Lipinski definition) is 0. The van der Waals surface area contributed by atoms with Gasteiger partial charge in [0.25, 0.3) is 0 Å². The van der Waals surface area contributed by atoms with Crippen molar-refractivity contribution in [3.8, 4) is 6.07 Å². The zero-order valence-electron chi connectivity index (χ0n) is 9.79. The van der Waals surface area contributed by atoms with E-state index >= 15 is 0 Å². The van der Waals surface area contributed by atoms with Gasteiger partial charge in [-0.15, -0.1) is 0 Å². The highest BCUT2D eigenvalue weighted by atomic mass is 32.2. The van der Waals surface area contributed by atoms with Crippen LogP contribution in [-0.2, 0) is 26.1 Å². The SMILES string of the molecule is N#Cc1c2c(nn1C1CCOCC1)CS(=O)(=O)C2. The second-order valence-electron chi connectivity index (χ2n) is 4.71. The summed E-state index contributed by atoms with van der Waals surface area (Å²) in [6, 6.07) is 2.26. The van der Waals surface area contributed by atoms with Crippen molar-refractivity contribution in [3.63, 3.8) is 0 Å². The second-order valence-corrected chi connectivity index (χ2v) is 6.77. The van der Waals surface area contributed by atoms with E-state index in [1.807, 2.05) is 0 Å². The molecule has 0 atom stereocenters. The van der Waals surface area contributed by atoms with E-state index < -0.39 is 9.84 Å². The minimum Gasteiger partial charge on any atom is -0.381 e. The van der Waals surface area contributed by atoms with E-state index in [9.17, 15) is 13.7 Å². The maximum atomic E-state index is 11.5. The van der Waals surface area contributed by atoms with Crippen LogP contribution in [0.2, 0.25) is 0 Å². The molecule has 1 saturated heterocycles. The van der Waals surface area contributed by atoms with Gasteiger partial charge < -0.3 is 4.74 Å².